The Morgan fingerprint density at radius 3 is 2.76 bits per heavy atom. The summed E-state index contributed by atoms with van der Waals surface area (Å²) in [6.07, 6.45) is 9.58. The van der Waals surface area contributed by atoms with Crippen LogP contribution >= 0.6 is 23.1 Å². The molecule has 0 N–H and O–H groups in total. The minimum Gasteiger partial charge on any atom is -0.493 e. The van der Waals surface area contributed by atoms with Gasteiger partial charge in [0.05, 0.1) is 24.3 Å². The molecule has 0 spiro atoms. The van der Waals surface area contributed by atoms with Gasteiger partial charge in [0.1, 0.15) is 0 Å². The van der Waals surface area contributed by atoms with Gasteiger partial charge in [0, 0.05) is 11.4 Å². The van der Waals surface area contributed by atoms with Gasteiger partial charge in [-0.1, -0.05) is 38.7 Å². The van der Waals surface area contributed by atoms with Gasteiger partial charge in [0.2, 0.25) is 5.13 Å². The molecule has 0 radical (unpaired) electrons. The maximum absolute atomic E-state index is 13.5. The van der Waals surface area contributed by atoms with E-state index in [0.717, 1.165) is 60.7 Å². The van der Waals surface area contributed by atoms with Crippen molar-refractivity contribution in [2.75, 3.05) is 13.7 Å². The maximum Gasteiger partial charge on any atom is 0.267 e. The zero-order valence-corrected chi connectivity index (χ0v) is 21.1. The van der Waals surface area contributed by atoms with Gasteiger partial charge in [0.15, 0.2) is 16.7 Å². The SMILES string of the molecule is CCCCOc1ccc(/C=C2\S/C(=N/c3nc(C)cs3)N(C3CCCCC3)C2=O)cc1OC. The molecular formula is C25H31N3O3S2. The highest BCUT2D eigenvalue weighted by Gasteiger charge is 2.38. The second-order valence-corrected chi connectivity index (χ2v) is 10.2. The highest BCUT2D eigenvalue weighted by Crippen LogP contribution is 2.39. The third-order valence-corrected chi connectivity index (χ3v) is 7.65. The molecular weight excluding hydrogens is 454 g/mol. The third kappa shape index (κ3) is 5.79. The predicted octanol–water partition coefficient (Wildman–Crippen LogP) is 6.58. The van der Waals surface area contributed by atoms with Gasteiger partial charge in [-0.3, -0.25) is 9.69 Å². The van der Waals surface area contributed by atoms with E-state index in [1.54, 1.807) is 7.11 Å². The minimum absolute atomic E-state index is 0.0289. The number of hydrogen-bond donors (Lipinski definition) is 0. The van der Waals surface area contributed by atoms with Crippen molar-refractivity contribution in [2.24, 2.45) is 4.99 Å². The molecule has 176 valence electrons. The quantitative estimate of drug-likeness (QED) is 0.312. The number of unbranched alkanes of at least 4 members (excludes halogenated alkanes) is 1. The summed E-state index contributed by atoms with van der Waals surface area (Å²) in [6, 6.07) is 6.01. The van der Waals surface area contributed by atoms with Gasteiger partial charge in [0.25, 0.3) is 5.91 Å². The molecule has 0 unspecified atom stereocenters. The molecule has 6 nitrogen and oxygen atoms in total. The number of amides is 1. The van der Waals surface area contributed by atoms with Crippen molar-refractivity contribution in [1.82, 2.24) is 9.88 Å². The number of carbonyl (C=O) groups excluding carboxylic acids is 1. The number of ether oxygens (including phenoxy) is 2. The summed E-state index contributed by atoms with van der Waals surface area (Å²) in [5, 5.41) is 3.41. The van der Waals surface area contributed by atoms with Crippen LogP contribution in [0.15, 0.2) is 33.5 Å². The summed E-state index contributed by atoms with van der Waals surface area (Å²) in [5.41, 5.74) is 1.85. The molecule has 2 aliphatic rings. The molecule has 1 aromatic carbocycles. The standard InChI is InChI=1S/C25H31N3O3S2/c1-4-5-13-31-20-12-11-18(14-21(20)30-3)15-22-23(29)28(19-9-7-6-8-10-19)25(33-22)27-24-26-17(2)16-32-24/h11-12,14-16,19H,4-10,13H2,1-3H3/b22-15-,27-25+. The van der Waals surface area contributed by atoms with Gasteiger partial charge in [-0.25, -0.2) is 4.98 Å². The molecule has 1 aliphatic heterocycles. The first-order valence-corrected chi connectivity index (χ1v) is 13.3. The van der Waals surface area contributed by atoms with Crippen molar-refractivity contribution >= 4 is 45.4 Å². The van der Waals surface area contributed by atoms with Crippen LogP contribution in [0.1, 0.15) is 63.1 Å². The van der Waals surface area contributed by atoms with Crippen LogP contribution < -0.4 is 9.47 Å². The number of hydrogen-bond acceptors (Lipinski definition) is 7. The number of aliphatic imine (C=N–C) groups is 1. The minimum atomic E-state index is 0.0289. The van der Waals surface area contributed by atoms with Crippen LogP contribution in [0.4, 0.5) is 5.13 Å². The number of methoxy groups -OCH3 is 1. The summed E-state index contributed by atoms with van der Waals surface area (Å²) < 4.78 is 11.4. The Morgan fingerprint density at radius 1 is 1.24 bits per heavy atom. The van der Waals surface area contributed by atoms with E-state index in [9.17, 15) is 4.79 Å². The summed E-state index contributed by atoms with van der Waals surface area (Å²) in [7, 11) is 1.64. The number of nitrogens with zero attached hydrogens (tertiary/aromatic N) is 3. The highest BCUT2D eigenvalue weighted by atomic mass is 32.2. The second-order valence-electron chi connectivity index (χ2n) is 8.36. The summed E-state index contributed by atoms with van der Waals surface area (Å²) in [5.74, 6) is 1.43. The Balaban J connectivity index is 1.61. The van der Waals surface area contributed by atoms with Crippen molar-refractivity contribution < 1.29 is 14.3 Å². The fourth-order valence-electron chi connectivity index (χ4n) is 4.07. The Labute approximate surface area is 204 Å². The van der Waals surface area contributed by atoms with E-state index in [1.807, 2.05) is 41.5 Å². The fraction of sp³-hybridized carbons (Fsp3) is 0.480. The lowest BCUT2D eigenvalue weighted by atomic mass is 9.94. The van der Waals surface area contributed by atoms with Crippen LogP contribution in [0.3, 0.4) is 0 Å². The monoisotopic (exact) mass is 485 g/mol. The number of aromatic nitrogens is 1. The predicted molar refractivity (Wildman–Crippen MR) is 137 cm³/mol. The van der Waals surface area contributed by atoms with E-state index in [0.29, 0.717) is 22.4 Å². The van der Waals surface area contributed by atoms with E-state index >= 15 is 0 Å². The molecule has 0 atom stereocenters. The lowest BCUT2D eigenvalue weighted by molar-refractivity contribution is -0.124. The first-order valence-electron chi connectivity index (χ1n) is 11.6. The molecule has 2 aromatic rings. The molecule has 2 heterocycles. The zero-order valence-electron chi connectivity index (χ0n) is 19.5. The Morgan fingerprint density at radius 2 is 2.06 bits per heavy atom. The van der Waals surface area contributed by atoms with Gasteiger partial charge in [-0.2, -0.15) is 4.99 Å². The number of carbonyl (C=O) groups is 1. The number of aryl methyl sites for hydroxylation is 1. The molecule has 4 rings (SSSR count). The highest BCUT2D eigenvalue weighted by molar-refractivity contribution is 8.18. The smallest absolute Gasteiger partial charge is 0.267 e. The number of rotatable bonds is 8. The number of thiazole rings is 1. The Kier molecular flexibility index (Phi) is 8.09. The van der Waals surface area contributed by atoms with Gasteiger partial charge >= 0.3 is 0 Å². The Bertz CT molecular complexity index is 1040. The van der Waals surface area contributed by atoms with Crippen molar-refractivity contribution in [3.05, 3.63) is 39.7 Å². The lowest BCUT2D eigenvalue weighted by Gasteiger charge is -2.30. The molecule has 0 bridgehead atoms. The average molecular weight is 486 g/mol. The molecule has 33 heavy (non-hydrogen) atoms. The van der Waals surface area contributed by atoms with Crippen molar-refractivity contribution in [2.45, 2.75) is 64.8 Å². The van der Waals surface area contributed by atoms with Crippen LogP contribution in [-0.4, -0.2) is 40.7 Å². The van der Waals surface area contributed by atoms with Gasteiger partial charge < -0.3 is 9.47 Å². The van der Waals surface area contributed by atoms with Gasteiger partial charge in [-0.05, 0) is 61.7 Å². The van der Waals surface area contributed by atoms with E-state index in [-0.39, 0.29) is 11.9 Å². The van der Waals surface area contributed by atoms with E-state index in [2.05, 4.69) is 11.9 Å². The van der Waals surface area contributed by atoms with E-state index in [1.165, 1.54) is 29.5 Å². The first-order chi connectivity index (χ1) is 16.1. The van der Waals surface area contributed by atoms with Gasteiger partial charge in [-0.15, -0.1) is 11.3 Å². The molecule has 1 saturated heterocycles. The number of amidine groups is 1. The second kappa shape index (κ2) is 11.2. The van der Waals surface area contributed by atoms with Crippen LogP contribution in [0.5, 0.6) is 11.5 Å². The normalized spacial score (nSPS) is 19.6. The average Bonchev–Trinajstić information content (AvgIpc) is 3.37. The number of benzene rings is 1. The van der Waals surface area contributed by atoms with Crippen LogP contribution in [0, 0.1) is 6.92 Å². The first kappa shape index (κ1) is 23.8. The summed E-state index contributed by atoms with van der Waals surface area (Å²) in [4.78, 5) is 25.3. The summed E-state index contributed by atoms with van der Waals surface area (Å²) in [6.45, 7) is 4.75. The van der Waals surface area contributed by atoms with E-state index < -0.39 is 0 Å². The lowest BCUT2D eigenvalue weighted by Crippen LogP contribution is -2.40. The molecule has 1 saturated carbocycles. The molecule has 1 aromatic heterocycles. The van der Waals surface area contributed by atoms with E-state index in [4.69, 9.17) is 14.5 Å². The molecule has 2 fully saturated rings. The molecule has 1 aliphatic carbocycles. The van der Waals surface area contributed by atoms with Crippen LogP contribution in [-0.2, 0) is 4.79 Å². The fourth-order valence-corrected chi connectivity index (χ4v) is 5.83. The third-order valence-electron chi connectivity index (χ3n) is 5.82. The maximum atomic E-state index is 13.5. The number of thioether (sulfide) groups is 1. The van der Waals surface area contributed by atoms with Crippen molar-refractivity contribution in [1.29, 1.82) is 0 Å². The Hall–Kier alpha value is -2.32. The topological polar surface area (TPSA) is 64.0 Å². The zero-order chi connectivity index (χ0) is 23.2. The van der Waals surface area contributed by atoms with Crippen LogP contribution in [0.2, 0.25) is 0 Å². The molecule has 8 heteroatoms. The van der Waals surface area contributed by atoms with Crippen LogP contribution in [0.25, 0.3) is 6.08 Å². The van der Waals surface area contributed by atoms with Crippen molar-refractivity contribution in [3.63, 3.8) is 0 Å². The van der Waals surface area contributed by atoms with Crippen molar-refractivity contribution in [3.8, 4) is 11.5 Å². The largest absolute Gasteiger partial charge is 0.493 e. The summed E-state index contributed by atoms with van der Waals surface area (Å²) >= 11 is 2.94. The molecule has 1 amide bonds.